The summed E-state index contributed by atoms with van der Waals surface area (Å²) in [7, 11) is 0. The molecule has 0 saturated carbocycles. The third kappa shape index (κ3) is 4.75. The van der Waals surface area contributed by atoms with Gasteiger partial charge < -0.3 is 15.4 Å². The molecule has 2 N–H and O–H groups in total. The molecule has 106 valence electrons. The molecular formula is C16H26N2O. The minimum atomic E-state index is 0.763. The third-order valence-corrected chi connectivity index (χ3v) is 4.03. The van der Waals surface area contributed by atoms with E-state index in [0.29, 0.717) is 0 Å². The third-order valence-electron chi connectivity index (χ3n) is 4.03. The van der Waals surface area contributed by atoms with E-state index < -0.39 is 0 Å². The van der Waals surface area contributed by atoms with Crippen molar-refractivity contribution < 1.29 is 4.74 Å². The summed E-state index contributed by atoms with van der Waals surface area (Å²) in [6, 6.07) is 7.65. The summed E-state index contributed by atoms with van der Waals surface area (Å²) in [6.07, 6.45) is 5.16. The lowest BCUT2D eigenvalue weighted by Gasteiger charge is -2.31. The van der Waals surface area contributed by atoms with E-state index in [1.807, 2.05) is 24.3 Å². The van der Waals surface area contributed by atoms with E-state index in [9.17, 15) is 0 Å². The van der Waals surface area contributed by atoms with Gasteiger partial charge in [0.1, 0.15) is 5.75 Å². The van der Waals surface area contributed by atoms with Gasteiger partial charge in [-0.25, -0.2) is 0 Å². The number of rotatable bonds is 6. The van der Waals surface area contributed by atoms with Gasteiger partial charge in [-0.05, 0) is 50.4 Å². The number of ether oxygens (including phenoxy) is 1. The highest BCUT2D eigenvalue weighted by Gasteiger charge is 2.16. The molecule has 2 rings (SSSR count). The molecule has 0 aliphatic carbocycles. The highest BCUT2D eigenvalue weighted by atomic mass is 16.5. The van der Waals surface area contributed by atoms with E-state index in [4.69, 9.17) is 10.5 Å². The van der Waals surface area contributed by atoms with Crippen LogP contribution in [-0.2, 0) is 0 Å². The summed E-state index contributed by atoms with van der Waals surface area (Å²) in [6.45, 7) is 6.75. The zero-order valence-corrected chi connectivity index (χ0v) is 12.0. The van der Waals surface area contributed by atoms with Gasteiger partial charge >= 0.3 is 0 Å². The molecular weight excluding hydrogens is 236 g/mol. The Bertz CT molecular complexity index is 373. The van der Waals surface area contributed by atoms with Crippen molar-refractivity contribution in [3.05, 3.63) is 24.3 Å². The van der Waals surface area contributed by atoms with Crippen molar-refractivity contribution >= 4 is 5.69 Å². The number of piperidine rings is 1. The van der Waals surface area contributed by atoms with E-state index in [1.54, 1.807) is 0 Å². The van der Waals surface area contributed by atoms with E-state index in [-0.39, 0.29) is 0 Å². The van der Waals surface area contributed by atoms with Crippen LogP contribution in [0.1, 0.15) is 32.6 Å². The summed E-state index contributed by atoms with van der Waals surface area (Å²) in [4.78, 5) is 2.56. The van der Waals surface area contributed by atoms with E-state index in [2.05, 4.69) is 11.8 Å². The number of nitrogen functional groups attached to an aromatic ring is 1. The van der Waals surface area contributed by atoms with Crippen LogP contribution < -0.4 is 10.5 Å². The van der Waals surface area contributed by atoms with Gasteiger partial charge in [0.15, 0.2) is 0 Å². The second kappa shape index (κ2) is 7.39. The molecule has 1 saturated heterocycles. The van der Waals surface area contributed by atoms with Gasteiger partial charge in [0, 0.05) is 18.3 Å². The van der Waals surface area contributed by atoms with Gasteiger partial charge in [-0.15, -0.1) is 0 Å². The average molecular weight is 262 g/mol. The maximum Gasteiger partial charge on any atom is 0.121 e. The molecule has 19 heavy (non-hydrogen) atoms. The number of benzene rings is 1. The van der Waals surface area contributed by atoms with Crippen molar-refractivity contribution in [2.45, 2.75) is 32.6 Å². The number of hydrogen-bond donors (Lipinski definition) is 1. The number of nitrogens with zero attached hydrogens (tertiary/aromatic N) is 1. The molecule has 0 amide bonds. The first-order valence-corrected chi connectivity index (χ1v) is 7.48. The van der Waals surface area contributed by atoms with Crippen LogP contribution in [0, 0.1) is 5.92 Å². The van der Waals surface area contributed by atoms with Gasteiger partial charge in [-0.2, -0.15) is 0 Å². The summed E-state index contributed by atoms with van der Waals surface area (Å²) in [5.74, 6) is 1.84. The molecule has 3 heteroatoms. The SMILES string of the molecule is CCC1CCN(CCCOc2cccc(N)c2)CC1. The summed E-state index contributed by atoms with van der Waals surface area (Å²) < 4.78 is 5.71. The number of anilines is 1. The van der Waals surface area contributed by atoms with Crippen molar-refractivity contribution in [2.24, 2.45) is 5.92 Å². The molecule has 0 spiro atoms. The van der Waals surface area contributed by atoms with Crippen LogP contribution in [0.25, 0.3) is 0 Å². The smallest absolute Gasteiger partial charge is 0.121 e. The normalized spacial score (nSPS) is 17.5. The Balaban J connectivity index is 1.60. The highest BCUT2D eigenvalue weighted by molar-refractivity contribution is 5.43. The van der Waals surface area contributed by atoms with Crippen molar-refractivity contribution in [3.63, 3.8) is 0 Å². The molecule has 1 aliphatic heterocycles. The molecule has 1 aliphatic rings. The minimum Gasteiger partial charge on any atom is -0.493 e. The monoisotopic (exact) mass is 262 g/mol. The van der Waals surface area contributed by atoms with Gasteiger partial charge in [-0.3, -0.25) is 0 Å². The Labute approximate surface area is 116 Å². The zero-order chi connectivity index (χ0) is 13.5. The fourth-order valence-electron chi connectivity index (χ4n) is 2.70. The fourth-order valence-corrected chi connectivity index (χ4v) is 2.70. The lowest BCUT2D eigenvalue weighted by Crippen LogP contribution is -2.34. The molecule has 1 aromatic rings. The lowest BCUT2D eigenvalue weighted by molar-refractivity contribution is 0.169. The second-order valence-corrected chi connectivity index (χ2v) is 5.47. The predicted octanol–water partition coefficient (Wildman–Crippen LogP) is 3.16. The van der Waals surface area contributed by atoms with Crippen LogP contribution in [0.2, 0.25) is 0 Å². The molecule has 0 bridgehead atoms. The van der Waals surface area contributed by atoms with Crippen LogP contribution in [0.15, 0.2) is 24.3 Å². The first-order chi connectivity index (χ1) is 9.28. The van der Waals surface area contributed by atoms with E-state index >= 15 is 0 Å². The van der Waals surface area contributed by atoms with Gasteiger partial charge in [0.2, 0.25) is 0 Å². The first kappa shape index (κ1) is 14.2. The molecule has 3 nitrogen and oxygen atoms in total. The van der Waals surface area contributed by atoms with Gasteiger partial charge in [-0.1, -0.05) is 19.4 Å². The summed E-state index contributed by atoms with van der Waals surface area (Å²) in [5, 5.41) is 0. The summed E-state index contributed by atoms with van der Waals surface area (Å²) >= 11 is 0. The van der Waals surface area contributed by atoms with Crippen molar-refractivity contribution in [1.29, 1.82) is 0 Å². The van der Waals surface area contributed by atoms with Crippen molar-refractivity contribution in [1.82, 2.24) is 4.90 Å². The molecule has 0 unspecified atom stereocenters. The van der Waals surface area contributed by atoms with E-state index in [1.165, 1.54) is 32.4 Å². The fraction of sp³-hybridized carbons (Fsp3) is 0.625. The molecule has 0 atom stereocenters. The highest BCUT2D eigenvalue weighted by Crippen LogP contribution is 2.20. The average Bonchev–Trinajstić information content (AvgIpc) is 2.44. The Morgan fingerprint density at radius 2 is 2.11 bits per heavy atom. The van der Waals surface area contributed by atoms with Crippen LogP contribution in [0.5, 0.6) is 5.75 Å². The zero-order valence-electron chi connectivity index (χ0n) is 12.0. The molecule has 1 fully saturated rings. The molecule has 1 heterocycles. The maximum absolute atomic E-state index is 5.72. The van der Waals surface area contributed by atoms with Crippen molar-refractivity contribution in [3.8, 4) is 5.75 Å². The van der Waals surface area contributed by atoms with E-state index in [0.717, 1.165) is 36.9 Å². The molecule has 0 aromatic heterocycles. The standard InChI is InChI=1S/C16H26N2O/c1-2-14-7-10-18(11-8-14)9-4-12-19-16-6-3-5-15(17)13-16/h3,5-6,13-14H,2,4,7-12,17H2,1H3. The van der Waals surface area contributed by atoms with Crippen LogP contribution in [0.3, 0.4) is 0 Å². The topological polar surface area (TPSA) is 38.5 Å². The number of nitrogens with two attached hydrogens (primary N) is 1. The first-order valence-electron chi connectivity index (χ1n) is 7.48. The quantitative estimate of drug-likeness (QED) is 0.632. The Morgan fingerprint density at radius 3 is 2.79 bits per heavy atom. The minimum absolute atomic E-state index is 0.763. The predicted molar refractivity (Wildman–Crippen MR) is 80.4 cm³/mol. The second-order valence-electron chi connectivity index (χ2n) is 5.47. The molecule has 0 radical (unpaired) electrons. The maximum atomic E-state index is 5.72. The van der Waals surface area contributed by atoms with Crippen molar-refractivity contribution in [2.75, 3.05) is 32.0 Å². The van der Waals surface area contributed by atoms with Crippen LogP contribution >= 0.6 is 0 Å². The summed E-state index contributed by atoms with van der Waals surface area (Å²) in [5.41, 5.74) is 6.48. The molecule has 1 aromatic carbocycles. The van der Waals surface area contributed by atoms with Gasteiger partial charge in [0.25, 0.3) is 0 Å². The largest absolute Gasteiger partial charge is 0.493 e. The Morgan fingerprint density at radius 1 is 1.32 bits per heavy atom. The Kier molecular flexibility index (Phi) is 5.52. The number of hydrogen-bond acceptors (Lipinski definition) is 3. The van der Waals surface area contributed by atoms with Crippen LogP contribution in [0.4, 0.5) is 5.69 Å². The lowest BCUT2D eigenvalue weighted by atomic mass is 9.94. The van der Waals surface area contributed by atoms with Crippen LogP contribution in [-0.4, -0.2) is 31.1 Å². The van der Waals surface area contributed by atoms with Gasteiger partial charge in [0.05, 0.1) is 6.61 Å². The number of likely N-dealkylation sites (tertiary alicyclic amines) is 1. The Hall–Kier alpha value is -1.22.